The Morgan fingerprint density at radius 1 is 0.739 bits per heavy atom. The van der Waals surface area contributed by atoms with Gasteiger partial charge in [-0.05, 0) is 24.3 Å². The largest absolute Gasteiger partial charge is 1.00 e. The first-order valence-corrected chi connectivity index (χ1v) is 5.96. The Kier molecular flexibility index (Phi) is 10.2. The van der Waals surface area contributed by atoms with Crippen LogP contribution in [0.4, 0.5) is 0 Å². The second-order valence-electron chi connectivity index (χ2n) is 3.97. The smallest absolute Gasteiger partial charge is 0.545 e. The molecule has 0 aromatic heterocycles. The van der Waals surface area contributed by atoms with E-state index in [1.165, 1.54) is 36.4 Å². The number of carbonyl (C=O) groups is 2. The molecule has 2 aromatic rings. The van der Waals surface area contributed by atoms with Crippen LogP contribution in [0.2, 0.25) is 0 Å². The molecule has 0 bridgehead atoms. The van der Waals surface area contributed by atoms with Gasteiger partial charge in [-0.15, -0.1) is 0 Å². The first-order valence-electron chi connectivity index (χ1n) is 5.96. The standard InChI is InChI=1S/C15H12O6.2Na/c16-14(17)10-5-1-3-7-12(10)20-9-21-13-8-4-2-6-11(13)15(18)19;;/h1-8H,9H2,(H,16,17)(H,18,19);;/q;2*+1/p-2. The summed E-state index contributed by atoms with van der Waals surface area (Å²) in [7, 11) is 0. The Bertz CT molecular complexity index is 617. The molecule has 0 aliphatic rings. The minimum atomic E-state index is -1.37. The molecule has 0 amide bonds. The molecule has 2 rings (SSSR count). The molecule has 8 heteroatoms. The van der Waals surface area contributed by atoms with E-state index in [4.69, 9.17) is 9.47 Å². The number of carboxylic acid groups (broad SMARTS) is 2. The number of aromatic carboxylic acids is 2. The fourth-order valence-corrected chi connectivity index (χ4v) is 1.68. The van der Waals surface area contributed by atoms with Crippen LogP contribution in [-0.4, -0.2) is 18.7 Å². The minimum absolute atomic E-state index is 0. The Morgan fingerprint density at radius 3 is 1.43 bits per heavy atom. The third kappa shape index (κ3) is 6.18. The van der Waals surface area contributed by atoms with Gasteiger partial charge < -0.3 is 29.3 Å². The van der Waals surface area contributed by atoms with Crippen molar-refractivity contribution in [1.29, 1.82) is 0 Å². The zero-order valence-electron chi connectivity index (χ0n) is 12.8. The summed E-state index contributed by atoms with van der Waals surface area (Å²) in [6.07, 6.45) is 0. The summed E-state index contributed by atoms with van der Waals surface area (Å²) >= 11 is 0. The van der Waals surface area contributed by atoms with E-state index in [0.29, 0.717) is 0 Å². The first kappa shape index (κ1) is 22.0. The summed E-state index contributed by atoms with van der Waals surface area (Å²) in [5, 5.41) is 21.8. The van der Waals surface area contributed by atoms with Crippen LogP contribution in [0, 0.1) is 0 Å². The minimum Gasteiger partial charge on any atom is -0.545 e. The normalized spacial score (nSPS) is 9.04. The molecular weight excluding hydrogens is 322 g/mol. The van der Waals surface area contributed by atoms with Gasteiger partial charge in [-0.2, -0.15) is 0 Å². The van der Waals surface area contributed by atoms with Gasteiger partial charge in [-0.3, -0.25) is 0 Å². The van der Waals surface area contributed by atoms with Gasteiger partial charge in [0.2, 0.25) is 6.79 Å². The maximum Gasteiger partial charge on any atom is 1.00 e. The Balaban J connectivity index is 0.00000242. The van der Waals surface area contributed by atoms with Gasteiger partial charge in [0.05, 0.1) is 11.9 Å². The number of para-hydroxylation sites is 2. The van der Waals surface area contributed by atoms with Gasteiger partial charge in [0.1, 0.15) is 11.5 Å². The number of ether oxygens (including phenoxy) is 2. The molecule has 108 valence electrons. The molecule has 0 saturated heterocycles. The zero-order chi connectivity index (χ0) is 15.2. The van der Waals surface area contributed by atoms with Crippen LogP contribution >= 0.6 is 0 Å². The van der Waals surface area contributed by atoms with Crippen LogP contribution in [0.25, 0.3) is 0 Å². The van der Waals surface area contributed by atoms with Crippen molar-refractivity contribution >= 4 is 11.9 Å². The van der Waals surface area contributed by atoms with E-state index in [9.17, 15) is 19.8 Å². The third-order valence-electron chi connectivity index (χ3n) is 2.64. The Hall–Kier alpha value is -1.02. The maximum absolute atomic E-state index is 10.9. The van der Waals surface area contributed by atoms with Crippen molar-refractivity contribution in [3.05, 3.63) is 59.7 Å². The molecule has 6 nitrogen and oxygen atoms in total. The molecule has 0 aliphatic heterocycles. The summed E-state index contributed by atoms with van der Waals surface area (Å²) in [5.74, 6) is -2.60. The summed E-state index contributed by atoms with van der Waals surface area (Å²) in [5.41, 5.74) is -0.233. The van der Waals surface area contributed by atoms with Crippen molar-refractivity contribution in [1.82, 2.24) is 0 Å². The van der Waals surface area contributed by atoms with Crippen molar-refractivity contribution in [2.24, 2.45) is 0 Å². The van der Waals surface area contributed by atoms with Crippen molar-refractivity contribution in [3.63, 3.8) is 0 Å². The van der Waals surface area contributed by atoms with E-state index in [1.54, 1.807) is 12.1 Å². The molecule has 2 aromatic carbocycles. The predicted octanol–water partition coefficient (Wildman–Crippen LogP) is -6.16. The zero-order valence-corrected chi connectivity index (χ0v) is 16.8. The second-order valence-corrected chi connectivity index (χ2v) is 3.97. The van der Waals surface area contributed by atoms with Gasteiger partial charge in [-0.1, -0.05) is 24.3 Å². The number of benzene rings is 2. The van der Waals surface area contributed by atoms with E-state index in [-0.39, 0.29) is 88.5 Å². The van der Waals surface area contributed by atoms with Crippen molar-refractivity contribution in [3.8, 4) is 11.5 Å². The van der Waals surface area contributed by atoms with E-state index in [2.05, 4.69) is 0 Å². The summed E-state index contributed by atoms with van der Waals surface area (Å²) in [6, 6.07) is 11.8. The fraction of sp³-hybridized carbons (Fsp3) is 0.0667. The average Bonchev–Trinajstić information content (AvgIpc) is 2.48. The molecule has 0 aliphatic carbocycles. The molecule has 0 saturated carbocycles. The number of hydrogen-bond acceptors (Lipinski definition) is 6. The van der Waals surface area contributed by atoms with Gasteiger partial charge in [0, 0.05) is 11.1 Å². The molecule has 0 radical (unpaired) electrons. The van der Waals surface area contributed by atoms with Crippen LogP contribution in [0.1, 0.15) is 20.7 Å². The van der Waals surface area contributed by atoms with Crippen LogP contribution in [-0.2, 0) is 0 Å². The number of carboxylic acids is 2. The fourth-order valence-electron chi connectivity index (χ4n) is 1.68. The van der Waals surface area contributed by atoms with Crippen LogP contribution in [0.15, 0.2) is 48.5 Å². The first-order chi connectivity index (χ1) is 10.1. The quantitative estimate of drug-likeness (QED) is 0.386. The van der Waals surface area contributed by atoms with E-state index >= 15 is 0 Å². The topological polar surface area (TPSA) is 98.7 Å². The molecule has 0 N–H and O–H groups in total. The average molecular weight is 332 g/mol. The number of hydrogen-bond donors (Lipinski definition) is 0. The van der Waals surface area contributed by atoms with Gasteiger partial charge >= 0.3 is 59.1 Å². The molecule has 0 spiro atoms. The monoisotopic (exact) mass is 332 g/mol. The van der Waals surface area contributed by atoms with Gasteiger partial charge in [0.25, 0.3) is 0 Å². The van der Waals surface area contributed by atoms with Crippen LogP contribution < -0.4 is 78.8 Å². The summed E-state index contributed by atoms with van der Waals surface area (Å²) in [4.78, 5) is 21.8. The van der Waals surface area contributed by atoms with Crippen molar-refractivity contribution < 1.29 is 88.4 Å². The van der Waals surface area contributed by atoms with Crippen LogP contribution in [0.5, 0.6) is 11.5 Å². The molecule has 23 heavy (non-hydrogen) atoms. The summed E-state index contributed by atoms with van der Waals surface area (Å²) in [6.45, 7) is -0.353. The Morgan fingerprint density at radius 2 is 1.09 bits per heavy atom. The van der Waals surface area contributed by atoms with E-state index < -0.39 is 11.9 Å². The van der Waals surface area contributed by atoms with Gasteiger partial charge in [0.15, 0.2) is 0 Å². The van der Waals surface area contributed by atoms with E-state index in [0.717, 1.165) is 0 Å². The Labute approximate surface area is 177 Å². The molecular formula is C15H10Na2O6. The maximum atomic E-state index is 10.9. The second kappa shape index (κ2) is 10.7. The SMILES string of the molecule is O=C([O-])c1ccccc1OCOc1ccccc1C(=O)[O-].[Na+].[Na+]. The van der Waals surface area contributed by atoms with Gasteiger partial charge in [-0.25, -0.2) is 0 Å². The van der Waals surface area contributed by atoms with E-state index in [1.807, 2.05) is 0 Å². The van der Waals surface area contributed by atoms with Crippen molar-refractivity contribution in [2.45, 2.75) is 0 Å². The third-order valence-corrected chi connectivity index (χ3v) is 2.64. The molecule has 0 unspecified atom stereocenters. The van der Waals surface area contributed by atoms with Crippen molar-refractivity contribution in [2.75, 3.05) is 6.79 Å². The number of rotatable bonds is 6. The number of carbonyl (C=O) groups excluding carboxylic acids is 2. The molecule has 0 heterocycles. The molecule has 0 atom stereocenters. The molecule has 0 fully saturated rings. The van der Waals surface area contributed by atoms with Crippen LogP contribution in [0.3, 0.4) is 0 Å². The predicted molar refractivity (Wildman–Crippen MR) is 67.7 cm³/mol. The summed E-state index contributed by atoms with van der Waals surface area (Å²) < 4.78 is 10.4.